The lowest BCUT2D eigenvalue weighted by Gasteiger charge is -2.57. The van der Waals surface area contributed by atoms with Gasteiger partial charge in [-0.15, -0.1) is 0 Å². The normalized spacial score (nSPS) is 31.5. The average molecular weight is 600 g/mol. The molecular formula is C33H37N5O6. The number of fused-ring (bicyclic) bond motifs is 1. The van der Waals surface area contributed by atoms with Crippen molar-refractivity contribution in [3.8, 4) is 0 Å². The van der Waals surface area contributed by atoms with Crippen LogP contribution in [0.3, 0.4) is 0 Å². The molecule has 11 heteroatoms. The molecule has 4 saturated carbocycles. The number of amides is 5. The van der Waals surface area contributed by atoms with Crippen molar-refractivity contribution in [3.05, 3.63) is 47.2 Å². The van der Waals surface area contributed by atoms with E-state index in [1.165, 1.54) is 19.3 Å². The third-order valence-corrected chi connectivity index (χ3v) is 11.1. The van der Waals surface area contributed by atoms with E-state index in [0.29, 0.717) is 23.2 Å². The van der Waals surface area contributed by atoms with Gasteiger partial charge in [-0.1, -0.05) is 6.07 Å². The summed E-state index contributed by atoms with van der Waals surface area (Å²) in [5.41, 5.74) is 0.784. The van der Waals surface area contributed by atoms with Gasteiger partial charge in [-0.05, 0) is 87.7 Å². The number of imide groups is 2. The van der Waals surface area contributed by atoms with Gasteiger partial charge >= 0.3 is 0 Å². The SMILES string of the molecule is O=C1CCC(N2C(=O)c3cccc(NCc4cnc(C5CCN(C(=O)C67CC8CC(CC(C8)C6)C7)CC5)o4)c3C2=O)C(=O)N1. The van der Waals surface area contributed by atoms with E-state index >= 15 is 0 Å². The summed E-state index contributed by atoms with van der Waals surface area (Å²) in [5, 5.41) is 5.43. The quantitative estimate of drug-likeness (QED) is 0.480. The summed E-state index contributed by atoms with van der Waals surface area (Å²) in [6.45, 7) is 1.72. The van der Waals surface area contributed by atoms with E-state index < -0.39 is 29.7 Å². The molecule has 1 aromatic heterocycles. The molecule has 1 atom stereocenters. The van der Waals surface area contributed by atoms with Gasteiger partial charge in [-0.2, -0.15) is 0 Å². The molecule has 0 spiro atoms. The fraction of sp³-hybridized carbons (Fsp3) is 0.576. The molecule has 6 fully saturated rings. The zero-order valence-corrected chi connectivity index (χ0v) is 24.7. The fourth-order valence-electron chi connectivity index (χ4n) is 9.48. The van der Waals surface area contributed by atoms with Crippen molar-refractivity contribution in [3.63, 3.8) is 0 Å². The van der Waals surface area contributed by atoms with Gasteiger partial charge in [0.15, 0.2) is 5.89 Å². The Morgan fingerprint density at radius 3 is 2.36 bits per heavy atom. The summed E-state index contributed by atoms with van der Waals surface area (Å²) in [4.78, 5) is 71.9. The Hall–Kier alpha value is -4.02. The molecule has 2 aromatic rings. The maximum absolute atomic E-state index is 13.8. The van der Waals surface area contributed by atoms with Gasteiger partial charge < -0.3 is 14.6 Å². The Morgan fingerprint density at radius 2 is 1.68 bits per heavy atom. The maximum Gasteiger partial charge on any atom is 0.264 e. The van der Waals surface area contributed by atoms with Crippen molar-refractivity contribution >= 4 is 35.2 Å². The number of anilines is 1. The molecule has 11 nitrogen and oxygen atoms in total. The van der Waals surface area contributed by atoms with Crippen LogP contribution in [0.15, 0.2) is 28.8 Å². The summed E-state index contributed by atoms with van der Waals surface area (Å²) in [5.74, 6) is 1.91. The number of oxazole rings is 1. The highest BCUT2D eigenvalue weighted by Gasteiger charge is 2.56. The summed E-state index contributed by atoms with van der Waals surface area (Å²) < 4.78 is 6.12. The molecule has 1 unspecified atom stereocenters. The average Bonchev–Trinajstić information content (AvgIpc) is 3.58. The lowest BCUT2D eigenvalue weighted by Crippen LogP contribution is -2.55. The number of carbonyl (C=O) groups is 5. The smallest absolute Gasteiger partial charge is 0.264 e. The molecule has 7 aliphatic rings. The zero-order chi connectivity index (χ0) is 30.2. The van der Waals surface area contributed by atoms with Crippen LogP contribution >= 0.6 is 0 Å². The molecule has 2 N–H and O–H groups in total. The van der Waals surface area contributed by atoms with Crippen molar-refractivity contribution in [1.82, 2.24) is 20.1 Å². The minimum atomic E-state index is -1.01. The second-order valence-electron chi connectivity index (χ2n) is 14.0. The van der Waals surface area contributed by atoms with Crippen LogP contribution in [0.5, 0.6) is 0 Å². The van der Waals surface area contributed by atoms with Crippen LogP contribution in [0.2, 0.25) is 0 Å². The van der Waals surface area contributed by atoms with Crippen LogP contribution in [0.4, 0.5) is 5.69 Å². The Labute approximate surface area is 255 Å². The highest BCUT2D eigenvalue weighted by atomic mass is 16.4. The number of benzene rings is 1. The Bertz CT molecular complexity index is 1540. The lowest BCUT2D eigenvalue weighted by molar-refractivity contribution is -0.158. The van der Waals surface area contributed by atoms with Gasteiger partial charge in [-0.3, -0.25) is 34.2 Å². The van der Waals surface area contributed by atoms with E-state index in [2.05, 4.69) is 20.5 Å². The number of rotatable bonds is 6. The fourth-order valence-corrected chi connectivity index (χ4v) is 9.48. The lowest BCUT2D eigenvalue weighted by atomic mass is 9.49. The first-order chi connectivity index (χ1) is 21.3. The van der Waals surface area contributed by atoms with E-state index in [-0.39, 0.29) is 41.8 Å². The molecule has 4 heterocycles. The second kappa shape index (κ2) is 10.3. The molecule has 230 valence electrons. The zero-order valence-electron chi connectivity index (χ0n) is 24.7. The van der Waals surface area contributed by atoms with Crippen molar-refractivity contribution in [2.75, 3.05) is 18.4 Å². The van der Waals surface area contributed by atoms with Crippen LogP contribution in [0, 0.1) is 23.2 Å². The van der Waals surface area contributed by atoms with Gasteiger partial charge in [0.2, 0.25) is 17.7 Å². The minimum Gasteiger partial charge on any atom is -0.444 e. The predicted octanol–water partition coefficient (Wildman–Crippen LogP) is 3.61. The van der Waals surface area contributed by atoms with E-state index in [4.69, 9.17) is 4.42 Å². The number of carbonyl (C=O) groups excluding carboxylic acids is 5. The summed E-state index contributed by atoms with van der Waals surface area (Å²) in [6, 6.07) is 3.95. The Morgan fingerprint density at radius 1 is 0.977 bits per heavy atom. The monoisotopic (exact) mass is 599 g/mol. The third kappa shape index (κ3) is 4.45. The standard InChI is InChI=1S/C33H37N5O6/c39-26-5-4-25(28(40)36-26)38-30(41)23-2-1-3-24(27(23)31(38)42)34-16-22-17-35-29(44-22)21-6-8-37(9-7-21)32(43)33-13-18-10-19(14-33)12-20(11-18)15-33/h1-3,17-21,25,34H,4-16H2,(H,36,39,40). The van der Waals surface area contributed by atoms with E-state index in [0.717, 1.165) is 67.8 Å². The van der Waals surface area contributed by atoms with Gasteiger partial charge in [0.05, 0.1) is 29.3 Å². The number of piperidine rings is 2. The predicted molar refractivity (Wildman–Crippen MR) is 156 cm³/mol. The molecule has 3 aliphatic heterocycles. The molecule has 4 aliphatic carbocycles. The molecule has 9 rings (SSSR count). The molecule has 1 aromatic carbocycles. The number of aromatic nitrogens is 1. The number of nitrogens with one attached hydrogen (secondary N) is 2. The molecule has 5 amide bonds. The molecular weight excluding hydrogens is 562 g/mol. The first kappa shape index (κ1) is 27.5. The van der Waals surface area contributed by atoms with Crippen LogP contribution in [-0.2, 0) is 20.9 Å². The van der Waals surface area contributed by atoms with Crippen molar-refractivity contribution < 1.29 is 28.4 Å². The molecule has 0 radical (unpaired) electrons. The van der Waals surface area contributed by atoms with Crippen LogP contribution in [-0.4, -0.2) is 63.5 Å². The van der Waals surface area contributed by atoms with E-state index in [1.807, 2.05) is 0 Å². The number of hydrogen-bond acceptors (Lipinski definition) is 8. The number of likely N-dealkylation sites (tertiary alicyclic amines) is 1. The second-order valence-corrected chi connectivity index (χ2v) is 14.0. The minimum absolute atomic E-state index is 0.0696. The largest absolute Gasteiger partial charge is 0.444 e. The summed E-state index contributed by atoms with van der Waals surface area (Å²) in [7, 11) is 0. The van der Waals surface area contributed by atoms with Crippen molar-refractivity contribution in [1.29, 1.82) is 0 Å². The molecule has 4 bridgehead atoms. The van der Waals surface area contributed by atoms with Crippen LogP contribution in [0.25, 0.3) is 0 Å². The Balaban J connectivity index is 0.896. The number of nitrogens with zero attached hydrogens (tertiary/aromatic N) is 3. The van der Waals surface area contributed by atoms with Gasteiger partial charge in [-0.25, -0.2) is 4.98 Å². The van der Waals surface area contributed by atoms with Gasteiger partial charge in [0, 0.05) is 31.1 Å². The number of hydrogen-bond donors (Lipinski definition) is 2. The van der Waals surface area contributed by atoms with Crippen molar-refractivity contribution in [2.45, 2.75) is 82.7 Å². The van der Waals surface area contributed by atoms with Crippen LogP contribution < -0.4 is 10.6 Å². The van der Waals surface area contributed by atoms with Gasteiger partial charge in [0.1, 0.15) is 11.8 Å². The van der Waals surface area contributed by atoms with E-state index in [9.17, 15) is 24.0 Å². The summed E-state index contributed by atoms with van der Waals surface area (Å²) in [6.07, 6.45) is 10.8. The highest BCUT2D eigenvalue weighted by Crippen LogP contribution is 2.60. The van der Waals surface area contributed by atoms with Crippen LogP contribution in [0.1, 0.15) is 102 Å². The third-order valence-electron chi connectivity index (χ3n) is 11.1. The molecule has 2 saturated heterocycles. The first-order valence-electron chi connectivity index (χ1n) is 16.1. The van der Waals surface area contributed by atoms with Crippen molar-refractivity contribution in [2.24, 2.45) is 23.2 Å². The highest BCUT2D eigenvalue weighted by molar-refractivity contribution is 6.25. The van der Waals surface area contributed by atoms with E-state index in [1.54, 1.807) is 24.4 Å². The first-order valence-corrected chi connectivity index (χ1v) is 16.1. The maximum atomic E-state index is 13.8. The summed E-state index contributed by atoms with van der Waals surface area (Å²) >= 11 is 0. The van der Waals surface area contributed by atoms with Gasteiger partial charge in [0.25, 0.3) is 11.8 Å². The topological polar surface area (TPSA) is 142 Å². The Kier molecular flexibility index (Phi) is 6.43. The molecule has 44 heavy (non-hydrogen) atoms.